The Morgan fingerprint density at radius 2 is 1.78 bits per heavy atom. The van der Waals surface area contributed by atoms with Gasteiger partial charge in [-0.15, -0.1) is 11.8 Å². The number of benzene rings is 2. The van der Waals surface area contributed by atoms with E-state index in [4.69, 9.17) is 9.47 Å². The Hall–Kier alpha value is -1.66. The fourth-order valence-corrected chi connectivity index (χ4v) is 3.83. The molecule has 6 heteroatoms. The molecule has 0 aromatic heterocycles. The molecule has 0 aliphatic heterocycles. The normalized spacial score (nSPS) is 12.8. The Morgan fingerprint density at radius 1 is 1.07 bits per heavy atom. The van der Waals surface area contributed by atoms with Gasteiger partial charge in [-0.1, -0.05) is 12.1 Å². The van der Waals surface area contributed by atoms with Crippen LogP contribution in [0.4, 0.5) is 13.2 Å². The zero-order valence-corrected chi connectivity index (χ0v) is 16.6. The van der Waals surface area contributed by atoms with Crippen molar-refractivity contribution in [1.82, 2.24) is 0 Å². The third-order valence-electron chi connectivity index (χ3n) is 4.24. The van der Waals surface area contributed by atoms with Gasteiger partial charge in [-0.25, -0.2) is 0 Å². The zero-order chi connectivity index (χ0) is 19.9. The lowest BCUT2D eigenvalue weighted by atomic mass is 10.1. The molecule has 0 N–H and O–H groups in total. The Morgan fingerprint density at radius 3 is 2.33 bits per heavy atom. The van der Waals surface area contributed by atoms with Crippen molar-refractivity contribution >= 4 is 11.8 Å². The first-order chi connectivity index (χ1) is 12.8. The van der Waals surface area contributed by atoms with E-state index in [1.54, 1.807) is 31.0 Å². The summed E-state index contributed by atoms with van der Waals surface area (Å²) in [5.74, 6) is 1.66. The summed E-state index contributed by atoms with van der Waals surface area (Å²) < 4.78 is 49.0. The summed E-state index contributed by atoms with van der Waals surface area (Å²) in [6.07, 6.45) is -2.80. The van der Waals surface area contributed by atoms with Crippen molar-refractivity contribution in [3.63, 3.8) is 0 Å². The SMILES string of the molecule is CCOC(CCc1ccc(C(F)(F)F)cc1)CSc1ccc(OC)c(C)c1. The quantitative estimate of drug-likeness (QED) is 0.472. The number of alkyl halides is 3. The average molecular weight is 398 g/mol. The van der Waals surface area contributed by atoms with Gasteiger partial charge in [-0.05, 0) is 68.1 Å². The molecule has 0 bridgehead atoms. The second-order valence-corrected chi connectivity index (χ2v) is 7.35. The molecule has 0 aliphatic carbocycles. The first-order valence-electron chi connectivity index (χ1n) is 8.88. The Kier molecular flexibility index (Phi) is 8.05. The molecule has 0 saturated heterocycles. The molecule has 0 radical (unpaired) electrons. The summed E-state index contributed by atoms with van der Waals surface area (Å²) in [4.78, 5) is 1.15. The van der Waals surface area contributed by atoms with E-state index >= 15 is 0 Å². The first-order valence-corrected chi connectivity index (χ1v) is 9.87. The van der Waals surface area contributed by atoms with Gasteiger partial charge in [0.25, 0.3) is 0 Å². The van der Waals surface area contributed by atoms with Crippen LogP contribution < -0.4 is 4.74 Å². The van der Waals surface area contributed by atoms with E-state index in [0.29, 0.717) is 13.0 Å². The molecule has 2 aromatic rings. The molecular weight excluding hydrogens is 373 g/mol. The second kappa shape index (κ2) is 10.0. The van der Waals surface area contributed by atoms with Crippen LogP contribution in [0.25, 0.3) is 0 Å². The van der Waals surface area contributed by atoms with Crippen molar-refractivity contribution < 1.29 is 22.6 Å². The molecule has 0 fully saturated rings. The molecule has 0 heterocycles. The number of ether oxygens (including phenoxy) is 2. The van der Waals surface area contributed by atoms with E-state index in [0.717, 1.165) is 46.1 Å². The van der Waals surface area contributed by atoms with Gasteiger partial charge in [0.2, 0.25) is 0 Å². The van der Waals surface area contributed by atoms with E-state index in [9.17, 15) is 13.2 Å². The van der Waals surface area contributed by atoms with Crippen molar-refractivity contribution in [2.75, 3.05) is 19.5 Å². The van der Waals surface area contributed by atoms with Crippen LogP contribution in [0.3, 0.4) is 0 Å². The van der Waals surface area contributed by atoms with Crippen LogP contribution in [0.2, 0.25) is 0 Å². The molecule has 27 heavy (non-hydrogen) atoms. The van der Waals surface area contributed by atoms with E-state index in [-0.39, 0.29) is 6.10 Å². The largest absolute Gasteiger partial charge is 0.496 e. The number of thioether (sulfide) groups is 1. The second-order valence-electron chi connectivity index (χ2n) is 6.25. The predicted octanol–water partition coefficient (Wildman–Crippen LogP) is 6.15. The van der Waals surface area contributed by atoms with Crippen molar-refractivity contribution in [2.24, 2.45) is 0 Å². The van der Waals surface area contributed by atoms with Gasteiger partial charge in [0.05, 0.1) is 18.8 Å². The van der Waals surface area contributed by atoms with E-state index in [1.807, 2.05) is 26.0 Å². The van der Waals surface area contributed by atoms with E-state index in [2.05, 4.69) is 6.07 Å². The number of halogens is 3. The van der Waals surface area contributed by atoms with Gasteiger partial charge >= 0.3 is 6.18 Å². The minimum absolute atomic E-state index is 0.0460. The van der Waals surface area contributed by atoms with Gasteiger partial charge in [0, 0.05) is 17.3 Å². The summed E-state index contributed by atoms with van der Waals surface area (Å²) >= 11 is 1.71. The number of hydrogen-bond donors (Lipinski definition) is 0. The third-order valence-corrected chi connectivity index (χ3v) is 5.37. The summed E-state index contributed by atoms with van der Waals surface area (Å²) in [7, 11) is 1.65. The number of rotatable bonds is 9. The number of hydrogen-bond acceptors (Lipinski definition) is 3. The van der Waals surface area contributed by atoms with Crippen molar-refractivity contribution in [1.29, 1.82) is 0 Å². The number of methoxy groups -OCH3 is 1. The van der Waals surface area contributed by atoms with E-state index in [1.165, 1.54) is 0 Å². The van der Waals surface area contributed by atoms with Crippen molar-refractivity contribution in [2.45, 2.75) is 43.9 Å². The van der Waals surface area contributed by atoms with Crippen LogP contribution >= 0.6 is 11.8 Å². The average Bonchev–Trinajstić information content (AvgIpc) is 2.63. The summed E-state index contributed by atoms with van der Waals surface area (Å²) in [6, 6.07) is 11.4. The van der Waals surface area contributed by atoms with Crippen LogP contribution in [0.5, 0.6) is 5.75 Å². The van der Waals surface area contributed by atoms with Gasteiger partial charge in [-0.2, -0.15) is 13.2 Å². The maximum absolute atomic E-state index is 12.6. The lowest BCUT2D eigenvalue weighted by Crippen LogP contribution is -2.17. The van der Waals surface area contributed by atoms with Crippen LogP contribution in [0, 0.1) is 6.92 Å². The Labute approximate surface area is 163 Å². The first kappa shape index (κ1) is 21.6. The van der Waals surface area contributed by atoms with Crippen molar-refractivity contribution in [3.05, 3.63) is 59.2 Å². The molecule has 1 unspecified atom stereocenters. The van der Waals surface area contributed by atoms with Crippen LogP contribution in [0.1, 0.15) is 30.0 Å². The van der Waals surface area contributed by atoms with Gasteiger partial charge in [0.15, 0.2) is 0 Å². The highest BCUT2D eigenvalue weighted by Crippen LogP contribution is 2.30. The highest BCUT2D eigenvalue weighted by Gasteiger charge is 2.29. The molecule has 148 valence electrons. The fourth-order valence-electron chi connectivity index (χ4n) is 2.77. The van der Waals surface area contributed by atoms with Crippen LogP contribution in [0.15, 0.2) is 47.4 Å². The molecule has 0 spiro atoms. The maximum Gasteiger partial charge on any atom is 0.416 e. The summed E-state index contributed by atoms with van der Waals surface area (Å²) in [6.45, 7) is 4.57. The van der Waals surface area contributed by atoms with Crippen LogP contribution in [-0.2, 0) is 17.3 Å². The summed E-state index contributed by atoms with van der Waals surface area (Å²) in [5, 5.41) is 0. The molecular formula is C21H25F3O2S. The topological polar surface area (TPSA) is 18.5 Å². The zero-order valence-electron chi connectivity index (χ0n) is 15.8. The molecule has 1 atom stereocenters. The summed E-state index contributed by atoms with van der Waals surface area (Å²) in [5.41, 5.74) is 1.36. The third kappa shape index (κ3) is 6.78. The minimum atomic E-state index is -4.29. The number of aryl methyl sites for hydroxylation is 2. The smallest absolute Gasteiger partial charge is 0.416 e. The highest BCUT2D eigenvalue weighted by atomic mass is 32.2. The fraction of sp³-hybridized carbons (Fsp3) is 0.429. The molecule has 0 saturated carbocycles. The molecule has 2 rings (SSSR count). The predicted molar refractivity (Wildman–Crippen MR) is 104 cm³/mol. The van der Waals surface area contributed by atoms with Gasteiger partial charge in [-0.3, -0.25) is 0 Å². The molecule has 2 nitrogen and oxygen atoms in total. The minimum Gasteiger partial charge on any atom is -0.496 e. The lowest BCUT2D eigenvalue weighted by molar-refractivity contribution is -0.137. The highest BCUT2D eigenvalue weighted by molar-refractivity contribution is 7.99. The monoisotopic (exact) mass is 398 g/mol. The molecule has 0 aliphatic rings. The maximum atomic E-state index is 12.6. The van der Waals surface area contributed by atoms with Crippen molar-refractivity contribution in [3.8, 4) is 5.75 Å². The van der Waals surface area contributed by atoms with E-state index < -0.39 is 11.7 Å². The Bertz CT molecular complexity index is 714. The lowest BCUT2D eigenvalue weighted by Gasteiger charge is -2.17. The Balaban J connectivity index is 1.90. The molecule has 2 aromatic carbocycles. The standard InChI is InChI=1S/C21H25F3O2S/c1-4-26-18(14-27-19-11-12-20(25-3)15(2)13-19)10-7-16-5-8-17(9-6-16)21(22,23)24/h5-6,8-9,11-13,18H,4,7,10,14H2,1-3H3. The van der Waals surface area contributed by atoms with Crippen LogP contribution in [-0.4, -0.2) is 25.6 Å². The van der Waals surface area contributed by atoms with Gasteiger partial charge in [0.1, 0.15) is 5.75 Å². The van der Waals surface area contributed by atoms with Gasteiger partial charge < -0.3 is 9.47 Å². The molecule has 0 amide bonds.